The number of hydrogen-bond donors (Lipinski definition) is 0. The minimum absolute atomic E-state index is 0.0102. The van der Waals surface area contributed by atoms with Crippen LogP contribution in [0.25, 0.3) is 0 Å². The van der Waals surface area contributed by atoms with E-state index in [2.05, 4.69) is 9.80 Å². The SMILES string of the molecule is O=C1C[C@@H](N2CCN(c3ccccc3Cl)CC2)C(=O)N1C1CC1. The molecular formula is C17H20ClN3O2. The summed E-state index contributed by atoms with van der Waals surface area (Å²) in [5.41, 5.74) is 1.04. The van der Waals surface area contributed by atoms with Crippen LogP contribution in [0.3, 0.4) is 0 Å². The molecule has 2 aliphatic heterocycles. The fourth-order valence-electron chi connectivity index (χ4n) is 3.62. The number of carbonyl (C=O) groups is 2. The van der Waals surface area contributed by atoms with Crippen molar-refractivity contribution in [3.05, 3.63) is 29.3 Å². The normalized spacial score (nSPS) is 26.2. The van der Waals surface area contributed by atoms with Gasteiger partial charge in [-0.25, -0.2) is 0 Å². The number of para-hydroxylation sites is 1. The Morgan fingerprint density at radius 3 is 2.35 bits per heavy atom. The van der Waals surface area contributed by atoms with Gasteiger partial charge in [-0.2, -0.15) is 0 Å². The molecule has 0 spiro atoms. The topological polar surface area (TPSA) is 43.9 Å². The van der Waals surface area contributed by atoms with Gasteiger partial charge in [-0.15, -0.1) is 0 Å². The lowest BCUT2D eigenvalue weighted by Gasteiger charge is -2.38. The van der Waals surface area contributed by atoms with Gasteiger partial charge in [0.15, 0.2) is 0 Å². The average molecular weight is 334 g/mol. The second-order valence-electron chi connectivity index (χ2n) is 6.53. The second kappa shape index (κ2) is 5.80. The molecule has 2 heterocycles. The Labute approximate surface area is 140 Å². The number of likely N-dealkylation sites (tertiary alicyclic amines) is 1. The van der Waals surface area contributed by atoms with Crippen LogP contribution >= 0.6 is 11.6 Å². The van der Waals surface area contributed by atoms with Gasteiger partial charge in [-0.05, 0) is 25.0 Å². The molecular weight excluding hydrogens is 314 g/mol. The minimum Gasteiger partial charge on any atom is -0.368 e. The molecule has 1 saturated carbocycles. The maximum atomic E-state index is 12.5. The molecule has 0 bridgehead atoms. The van der Waals surface area contributed by atoms with Crippen LogP contribution in [0.2, 0.25) is 5.02 Å². The zero-order chi connectivity index (χ0) is 16.0. The third-order valence-corrected chi connectivity index (χ3v) is 5.34. The Hall–Kier alpha value is -1.59. The zero-order valence-electron chi connectivity index (χ0n) is 12.9. The van der Waals surface area contributed by atoms with E-state index in [-0.39, 0.29) is 23.9 Å². The van der Waals surface area contributed by atoms with Crippen molar-refractivity contribution >= 4 is 29.1 Å². The summed E-state index contributed by atoms with van der Waals surface area (Å²) in [5.74, 6) is 0.0275. The van der Waals surface area contributed by atoms with E-state index in [9.17, 15) is 9.59 Å². The first-order chi connectivity index (χ1) is 11.1. The number of anilines is 1. The van der Waals surface area contributed by atoms with Gasteiger partial charge in [0.1, 0.15) is 0 Å². The van der Waals surface area contributed by atoms with E-state index in [1.54, 1.807) is 0 Å². The van der Waals surface area contributed by atoms with Gasteiger partial charge in [0, 0.05) is 32.2 Å². The molecule has 0 N–H and O–H groups in total. The minimum atomic E-state index is -0.253. The van der Waals surface area contributed by atoms with Gasteiger partial charge in [0.2, 0.25) is 11.8 Å². The van der Waals surface area contributed by atoms with E-state index in [1.807, 2.05) is 24.3 Å². The number of carbonyl (C=O) groups excluding carboxylic acids is 2. The Balaban J connectivity index is 1.41. The number of nitrogens with zero attached hydrogens (tertiary/aromatic N) is 3. The van der Waals surface area contributed by atoms with E-state index in [0.29, 0.717) is 6.42 Å². The number of imide groups is 1. The summed E-state index contributed by atoms with van der Waals surface area (Å²) < 4.78 is 0. The maximum absolute atomic E-state index is 12.5. The standard InChI is InChI=1S/C17H20ClN3O2/c18-13-3-1-2-4-14(13)19-7-9-20(10-8-19)15-11-16(22)21(17(15)23)12-5-6-12/h1-4,12,15H,5-11H2/t15-/m1/s1. The van der Waals surface area contributed by atoms with Crippen LogP contribution in [-0.2, 0) is 9.59 Å². The summed E-state index contributed by atoms with van der Waals surface area (Å²) in [4.78, 5) is 30.6. The molecule has 2 amide bonds. The molecule has 0 radical (unpaired) electrons. The average Bonchev–Trinajstić information content (AvgIpc) is 3.34. The molecule has 23 heavy (non-hydrogen) atoms. The van der Waals surface area contributed by atoms with E-state index in [1.165, 1.54) is 4.90 Å². The summed E-state index contributed by atoms with van der Waals surface area (Å²) in [6.45, 7) is 3.22. The molecule has 3 fully saturated rings. The van der Waals surface area contributed by atoms with Crippen molar-refractivity contribution in [3.63, 3.8) is 0 Å². The van der Waals surface area contributed by atoms with Crippen LogP contribution in [0.15, 0.2) is 24.3 Å². The Morgan fingerprint density at radius 1 is 1.00 bits per heavy atom. The van der Waals surface area contributed by atoms with E-state index >= 15 is 0 Å². The summed E-state index contributed by atoms with van der Waals surface area (Å²) in [5, 5.41) is 0.757. The first-order valence-corrected chi connectivity index (χ1v) is 8.62. The van der Waals surface area contributed by atoms with Crippen molar-refractivity contribution in [1.29, 1.82) is 0 Å². The number of hydrogen-bond acceptors (Lipinski definition) is 4. The lowest BCUT2D eigenvalue weighted by molar-refractivity contribution is -0.140. The quantitative estimate of drug-likeness (QED) is 0.791. The molecule has 3 aliphatic rings. The van der Waals surface area contributed by atoms with E-state index < -0.39 is 0 Å². The van der Waals surface area contributed by atoms with Gasteiger partial charge < -0.3 is 4.90 Å². The Bertz CT molecular complexity index is 638. The molecule has 6 heteroatoms. The van der Waals surface area contributed by atoms with Crippen LogP contribution in [0, 0.1) is 0 Å². The van der Waals surface area contributed by atoms with Crippen molar-refractivity contribution in [2.45, 2.75) is 31.3 Å². The van der Waals surface area contributed by atoms with Crippen LogP contribution in [-0.4, -0.2) is 59.9 Å². The molecule has 122 valence electrons. The fraction of sp³-hybridized carbons (Fsp3) is 0.529. The smallest absolute Gasteiger partial charge is 0.247 e. The molecule has 4 rings (SSSR count). The summed E-state index contributed by atoms with van der Waals surface area (Å²) in [6.07, 6.45) is 2.30. The molecule has 1 aromatic carbocycles. The largest absolute Gasteiger partial charge is 0.368 e. The Morgan fingerprint density at radius 2 is 1.70 bits per heavy atom. The highest BCUT2D eigenvalue weighted by Crippen LogP contribution is 2.33. The first kappa shape index (κ1) is 15.0. The van der Waals surface area contributed by atoms with Crippen LogP contribution < -0.4 is 4.90 Å². The lowest BCUT2D eigenvalue weighted by atomic mass is 10.1. The van der Waals surface area contributed by atoms with Crippen LogP contribution in [0.1, 0.15) is 19.3 Å². The van der Waals surface area contributed by atoms with Gasteiger partial charge >= 0.3 is 0 Å². The molecule has 1 atom stereocenters. The number of benzene rings is 1. The van der Waals surface area contributed by atoms with Crippen LogP contribution in [0.5, 0.6) is 0 Å². The van der Waals surface area contributed by atoms with Crippen LogP contribution in [0.4, 0.5) is 5.69 Å². The predicted molar refractivity (Wildman–Crippen MR) is 88.5 cm³/mol. The van der Waals surface area contributed by atoms with Crippen molar-refractivity contribution < 1.29 is 9.59 Å². The zero-order valence-corrected chi connectivity index (χ0v) is 13.7. The van der Waals surface area contributed by atoms with Crippen molar-refractivity contribution in [3.8, 4) is 0 Å². The number of rotatable bonds is 3. The third-order valence-electron chi connectivity index (χ3n) is 5.02. The predicted octanol–water partition coefficient (Wildman–Crippen LogP) is 1.75. The molecule has 2 saturated heterocycles. The first-order valence-electron chi connectivity index (χ1n) is 8.24. The summed E-state index contributed by atoms with van der Waals surface area (Å²) >= 11 is 6.26. The second-order valence-corrected chi connectivity index (χ2v) is 6.93. The Kier molecular flexibility index (Phi) is 3.77. The maximum Gasteiger partial charge on any atom is 0.247 e. The lowest BCUT2D eigenvalue weighted by Crippen LogP contribution is -2.52. The van der Waals surface area contributed by atoms with E-state index in [0.717, 1.165) is 49.7 Å². The van der Waals surface area contributed by atoms with Gasteiger partial charge in [0.05, 0.1) is 23.2 Å². The monoisotopic (exact) mass is 333 g/mol. The number of amides is 2. The van der Waals surface area contributed by atoms with Crippen molar-refractivity contribution in [2.75, 3.05) is 31.1 Å². The highest BCUT2D eigenvalue weighted by molar-refractivity contribution is 6.33. The van der Waals surface area contributed by atoms with Gasteiger partial charge in [-0.3, -0.25) is 19.4 Å². The number of piperazine rings is 1. The highest BCUT2D eigenvalue weighted by Gasteiger charge is 2.48. The van der Waals surface area contributed by atoms with Crippen molar-refractivity contribution in [2.24, 2.45) is 0 Å². The molecule has 1 aliphatic carbocycles. The molecule has 1 aromatic rings. The summed E-state index contributed by atoms with van der Waals surface area (Å²) in [6, 6.07) is 7.77. The molecule has 0 unspecified atom stereocenters. The van der Waals surface area contributed by atoms with Crippen molar-refractivity contribution in [1.82, 2.24) is 9.80 Å². The summed E-state index contributed by atoms with van der Waals surface area (Å²) in [7, 11) is 0. The highest BCUT2D eigenvalue weighted by atomic mass is 35.5. The third kappa shape index (κ3) is 2.72. The van der Waals surface area contributed by atoms with E-state index in [4.69, 9.17) is 11.6 Å². The molecule has 0 aromatic heterocycles. The van der Waals surface area contributed by atoms with Gasteiger partial charge in [-0.1, -0.05) is 23.7 Å². The number of halogens is 1. The fourth-order valence-corrected chi connectivity index (χ4v) is 3.87. The molecule has 5 nitrogen and oxygen atoms in total. The van der Waals surface area contributed by atoms with Gasteiger partial charge in [0.25, 0.3) is 0 Å².